The van der Waals surface area contributed by atoms with Gasteiger partial charge in [-0.15, -0.1) is 11.3 Å². The van der Waals surface area contributed by atoms with Crippen LogP contribution in [0.2, 0.25) is 5.02 Å². The molecule has 37 heavy (non-hydrogen) atoms. The number of esters is 1. The third-order valence-electron chi connectivity index (χ3n) is 5.35. The van der Waals surface area contributed by atoms with E-state index < -0.39 is 11.9 Å². The first-order valence-corrected chi connectivity index (χ1v) is 13.4. The predicted octanol–water partition coefficient (Wildman–Crippen LogP) is 6.93. The molecule has 0 radical (unpaired) electrons. The Morgan fingerprint density at radius 3 is 2.62 bits per heavy atom. The lowest BCUT2D eigenvalue weighted by Gasteiger charge is -2.14. The van der Waals surface area contributed by atoms with Crippen LogP contribution in [0.1, 0.15) is 38.8 Å². The number of halogens is 2. The van der Waals surface area contributed by atoms with Gasteiger partial charge in [-0.25, -0.2) is 4.79 Å². The molecule has 0 aliphatic heterocycles. The van der Waals surface area contributed by atoms with Gasteiger partial charge in [0.05, 0.1) is 22.9 Å². The third-order valence-corrected chi connectivity index (χ3v) is 7.64. The molecule has 7 nitrogen and oxygen atoms in total. The molecule has 0 saturated carbocycles. The van der Waals surface area contributed by atoms with Crippen molar-refractivity contribution in [3.05, 3.63) is 77.7 Å². The smallest absolute Gasteiger partial charge is 0.341 e. The highest BCUT2D eigenvalue weighted by molar-refractivity contribution is 14.1. The number of carbonyl (C=O) groups excluding carboxylic acids is 2. The van der Waals surface area contributed by atoms with Crippen molar-refractivity contribution in [3.63, 3.8) is 0 Å². The molecule has 10 heteroatoms. The first-order chi connectivity index (χ1) is 17.7. The van der Waals surface area contributed by atoms with E-state index in [-0.39, 0.29) is 18.8 Å². The molecule has 2 aromatic carbocycles. The van der Waals surface area contributed by atoms with Gasteiger partial charge in [0.1, 0.15) is 23.3 Å². The zero-order valence-corrected chi connectivity index (χ0v) is 24.3. The first kappa shape index (κ1) is 28.5. The van der Waals surface area contributed by atoms with Gasteiger partial charge in [0, 0.05) is 15.5 Å². The number of ether oxygens (including phenoxy) is 3. The molecule has 1 amide bonds. The largest absolute Gasteiger partial charge is 0.493 e. The maximum Gasteiger partial charge on any atom is 0.341 e. The fourth-order valence-electron chi connectivity index (χ4n) is 3.38. The molecule has 192 valence electrons. The van der Waals surface area contributed by atoms with Crippen LogP contribution in [0.5, 0.6) is 11.5 Å². The second kappa shape index (κ2) is 12.9. The summed E-state index contributed by atoms with van der Waals surface area (Å²) in [6, 6.07) is 12.8. The van der Waals surface area contributed by atoms with Crippen LogP contribution in [0.4, 0.5) is 5.00 Å². The Kier molecular flexibility index (Phi) is 9.97. The maximum absolute atomic E-state index is 13.0. The van der Waals surface area contributed by atoms with Crippen LogP contribution in [0.25, 0.3) is 6.08 Å². The van der Waals surface area contributed by atoms with E-state index >= 15 is 0 Å². The molecule has 3 rings (SSSR count). The Morgan fingerprint density at radius 1 is 1.24 bits per heavy atom. The van der Waals surface area contributed by atoms with Crippen LogP contribution in [-0.4, -0.2) is 25.6 Å². The molecule has 0 spiro atoms. The van der Waals surface area contributed by atoms with E-state index in [0.717, 1.165) is 19.6 Å². The molecule has 0 atom stereocenters. The Hall–Kier alpha value is -3.07. The normalized spacial score (nSPS) is 11.0. The fourth-order valence-corrected chi connectivity index (χ4v) is 5.39. The number of amides is 1. The number of hydrogen-bond acceptors (Lipinski definition) is 7. The summed E-state index contributed by atoms with van der Waals surface area (Å²) in [5, 5.41) is 13.3. The summed E-state index contributed by atoms with van der Waals surface area (Å²) in [4.78, 5) is 26.3. The second-order valence-corrected chi connectivity index (χ2v) is 10.5. The van der Waals surface area contributed by atoms with Crippen molar-refractivity contribution in [2.45, 2.75) is 27.4 Å². The van der Waals surface area contributed by atoms with E-state index in [1.807, 2.05) is 31.2 Å². The van der Waals surface area contributed by atoms with E-state index in [1.165, 1.54) is 24.5 Å². The van der Waals surface area contributed by atoms with Gasteiger partial charge in [0.25, 0.3) is 5.91 Å². The number of rotatable bonds is 9. The van der Waals surface area contributed by atoms with Gasteiger partial charge < -0.3 is 19.5 Å². The van der Waals surface area contributed by atoms with Gasteiger partial charge in [-0.1, -0.05) is 29.8 Å². The van der Waals surface area contributed by atoms with Gasteiger partial charge in [0.2, 0.25) is 0 Å². The van der Waals surface area contributed by atoms with Crippen LogP contribution < -0.4 is 14.8 Å². The lowest BCUT2D eigenvalue weighted by atomic mass is 10.1. The molecule has 0 fully saturated rings. The number of carbonyl (C=O) groups is 2. The average Bonchev–Trinajstić information content (AvgIpc) is 3.14. The van der Waals surface area contributed by atoms with Gasteiger partial charge in [-0.3, -0.25) is 4.79 Å². The SMILES string of the molecule is CCOC(=O)c1c(NC(=O)/C(C#N)=C/c2cc(I)c(OCc3ccccc3Cl)c(OC)c2)sc(C)c1C. The lowest BCUT2D eigenvalue weighted by Crippen LogP contribution is -2.16. The number of nitriles is 1. The molecule has 1 N–H and O–H groups in total. The summed E-state index contributed by atoms with van der Waals surface area (Å²) >= 11 is 9.59. The van der Waals surface area contributed by atoms with Crippen molar-refractivity contribution in [1.29, 1.82) is 5.26 Å². The van der Waals surface area contributed by atoms with Crippen LogP contribution in [0.15, 0.2) is 42.0 Å². The number of methoxy groups -OCH3 is 1. The van der Waals surface area contributed by atoms with E-state index in [2.05, 4.69) is 27.9 Å². The van der Waals surface area contributed by atoms with Gasteiger partial charge in [0.15, 0.2) is 11.5 Å². The highest BCUT2D eigenvalue weighted by Crippen LogP contribution is 2.36. The van der Waals surface area contributed by atoms with E-state index in [4.69, 9.17) is 25.8 Å². The summed E-state index contributed by atoms with van der Waals surface area (Å²) in [6.45, 7) is 5.81. The van der Waals surface area contributed by atoms with Crippen LogP contribution in [-0.2, 0) is 16.1 Å². The number of thiophene rings is 1. The molecular formula is C27H24ClIN2O5S. The number of benzene rings is 2. The van der Waals surface area contributed by atoms with Crippen molar-refractivity contribution >= 4 is 68.5 Å². The summed E-state index contributed by atoms with van der Waals surface area (Å²) < 4.78 is 17.4. The van der Waals surface area contributed by atoms with Crippen LogP contribution in [0.3, 0.4) is 0 Å². The summed E-state index contributed by atoms with van der Waals surface area (Å²) in [6.07, 6.45) is 1.45. The quantitative estimate of drug-likeness (QED) is 0.117. The Morgan fingerprint density at radius 2 is 1.97 bits per heavy atom. The van der Waals surface area contributed by atoms with E-state index in [9.17, 15) is 14.9 Å². The predicted molar refractivity (Wildman–Crippen MR) is 153 cm³/mol. The monoisotopic (exact) mass is 650 g/mol. The van der Waals surface area contributed by atoms with E-state index in [0.29, 0.717) is 32.6 Å². The van der Waals surface area contributed by atoms with Gasteiger partial charge in [-0.2, -0.15) is 5.26 Å². The molecular weight excluding hydrogens is 627 g/mol. The van der Waals surface area contributed by atoms with Crippen molar-refractivity contribution in [2.24, 2.45) is 0 Å². The number of hydrogen-bond donors (Lipinski definition) is 1. The molecule has 0 saturated heterocycles. The van der Waals surface area contributed by atoms with Gasteiger partial charge in [-0.05, 0) is 78.8 Å². The second-order valence-electron chi connectivity index (χ2n) is 7.75. The topological polar surface area (TPSA) is 97.7 Å². The minimum Gasteiger partial charge on any atom is -0.493 e. The molecule has 1 heterocycles. The van der Waals surface area contributed by atoms with Crippen LogP contribution in [0, 0.1) is 28.7 Å². The fraction of sp³-hybridized carbons (Fsp3) is 0.222. The summed E-state index contributed by atoms with van der Waals surface area (Å²) in [5.41, 5.74) is 2.29. The molecule has 0 aliphatic carbocycles. The standard InChI is InChI=1S/C27H24ClIN2O5S/c1-5-35-27(33)23-15(2)16(3)37-26(23)31-25(32)19(13-30)10-17-11-21(29)24(22(12-17)34-4)36-14-18-8-6-7-9-20(18)28/h6-12H,5,14H2,1-4H3,(H,31,32)/b19-10+. The van der Waals surface area contributed by atoms with Gasteiger partial charge >= 0.3 is 5.97 Å². The summed E-state index contributed by atoms with van der Waals surface area (Å²) in [7, 11) is 1.51. The number of anilines is 1. The zero-order valence-electron chi connectivity index (χ0n) is 20.6. The van der Waals surface area contributed by atoms with Crippen molar-refractivity contribution in [3.8, 4) is 17.6 Å². The van der Waals surface area contributed by atoms with Crippen LogP contribution >= 0.6 is 45.5 Å². The van der Waals surface area contributed by atoms with E-state index in [1.54, 1.807) is 32.0 Å². The molecule has 3 aromatic rings. The summed E-state index contributed by atoms with van der Waals surface area (Å²) in [5.74, 6) is -0.195. The minimum atomic E-state index is -0.637. The number of nitrogens with one attached hydrogen (secondary N) is 1. The zero-order chi connectivity index (χ0) is 27.1. The molecule has 0 aliphatic rings. The molecule has 0 unspecified atom stereocenters. The van der Waals surface area contributed by atoms with Crippen molar-refractivity contribution < 1.29 is 23.8 Å². The maximum atomic E-state index is 13.0. The Bertz CT molecular complexity index is 1410. The first-order valence-electron chi connectivity index (χ1n) is 11.1. The Balaban J connectivity index is 1.87. The Labute approximate surface area is 238 Å². The molecule has 0 bridgehead atoms. The van der Waals surface area contributed by atoms with Crippen molar-refractivity contribution in [2.75, 3.05) is 19.0 Å². The highest BCUT2D eigenvalue weighted by atomic mass is 127. The molecule has 1 aromatic heterocycles. The lowest BCUT2D eigenvalue weighted by molar-refractivity contribution is -0.112. The third kappa shape index (κ3) is 6.83. The average molecular weight is 651 g/mol. The van der Waals surface area contributed by atoms with Crippen molar-refractivity contribution in [1.82, 2.24) is 0 Å². The highest BCUT2D eigenvalue weighted by Gasteiger charge is 2.23. The number of aryl methyl sites for hydroxylation is 1. The number of nitrogens with zero attached hydrogens (tertiary/aromatic N) is 1. The minimum absolute atomic E-state index is 0.138.